The fourth-order valence-corrected chi connectivity index (χ4v) is 3.73. The number of urea groups is 1. The van der Waals surface area contributed by atoms with Crippen molar-refractivity contribution in [3.8, 4) is 5.75 Å². The molecule has 0 spiro atoms. The minimum atomic E-state index is 0.0295. The summed E-state index contributed by atoms with van der Waals surface area (Å²) in [5.74, 6) is 1.36. The Labute approximate surface area is 150 Å². The van der Waals surface area contributed by atoms with E-state index < -0.39 is 0 Å². The highest BCUT2D eigenvalue weighted by atomic mass is 16.5. The molecule has 3 unspecified atom stereocenters. The second-order valence-electron chi connectivity index (χ2n) is 7.15. The SMILES string of the molecule is COc1cccc(N2CCC(CNC(=O)N3CC(C)OC(C)C3)C2)c1. The number of benzene rings is 1. The number of nitrogens with zero attached hydrogens (tertiary/aromatic N) is 2. The fraction of sp³-hybridized carbons (Fsp3) is 0.632. The summed E-state index contributed by atoms with van der Waals surface area (Å²) in [5.41, 5.74) is 1.18. The van der Waals surface area contributed by atoms with E-state index in [2.05, 4.69) is 22.3 Å². The molecule has 0 aromatic heterocycles. The summed E-state index contributed by atoms with van der Waals surface area (Å²) in [6.45, 7) is 8.05. The van der Waals surface area contributed by atoms with Gasteiger partial charge >= 0.3 is 6.03 Å². The highest BCUT2D eigenvalue weighted by Gasteiger charge is 2.27. The summed E-state index contributed by atoms with van der Waals surface area (Å²) in [6, 6.07) is 8.19. The summed E-state index contributed by atoms with van der Waals surface area (Å²) in [7, 11) is 1.69. The van der Waals surface area contributed by atoms with Gasteiger partial charge in [-0.1, -0.05) is 6.07 Å². The van der Waals surface area contributed by atoms with Gasteiger partial charge in [-0.2, -0.15) is 0 Å². The van der Waals surface area contributed by atoms with Gasteiger partial charge in [0.1, 0.15) is 5.75 Å². The molecule has 3 atom stereocenters. The molecule has 1 aromatic carbocycles. The Morgan fingerprint density at radius 1 is 1.28 bits per heavy atom. The summed E-state index contributed by atoms with van der Waals surface area (Å²) >= 11 is 0. The van der Waals surface area contributed by atoms with Crippen LogP contribution in [0.4, 0.5) is 10.5 Å². The van der Waals surface area contributed by atoms with E-state index in [1.807, 2.05) is 30.9 Å². The lowest BCUT2D eigenvalue weighted by molar-refractivity contribution is -0.0545. The number of anilines is 1. The normalized spacial score (nSPS) is 26.6. The summed E-state index contributed by atoms with van der Waals surface area (Å²) < 4.78 is 11.0. The predicted molar refractivity (Wildman–Crippen MR) is 98.3 cm³/mol. The van der Waals surface area contributed by atoms with Crippen LogP contribution in [-0.2, 0) is 4.74 Å². The first kappa shape index (κ1) is 17.9. The largest absolute Gasteiger partial charge is 0.497 e. The third-order valence-corrected chi connectivity index (χ3v) is 4.95. The third kappa shape index (κ3) is 4.57. The zero-order chi connectivity index (χ0) is 17.8. The molecule has 1 aromatic rings. The number of ether oxygens (including phenoxy) is 2. The van der Waals surface area contributed by atoms with Gasteiger partial charge in [0.25, 0.3) is 0 Å². The summed E-state index contributed by atoms with van der Waals surface area (Å²) in [6.07, 6.45) is 1.29. The van der Waals surface area contributed by atoms with Gasteiger partial charge in [-0.15, -0.1) is 0 Å². The smallest absolute Gasteiger partial charge is 0.317 e. The monoisotopic (exact) mass is 347 g/mol. The Balaban J connectivity index is 1.47. The van der Waals surface area contributed by atoms with E-state index in [4.69, 9.17) is 9.47 Å². The number of rotatable bonds is 4. The van der Waals surface area contributed by atoms with Crippen LogP contribution >= 0.6 is 0 Å². The lowest BCUT2D eigenvalue weighted by Gasteiger charge is -2.35. The van der Waals surface area contributed by atoms with Crippen LogP contribution in [0.2, 0.25) is 0 Å². The van der Waals surface area contributed by atoms with Gasteiger partial charge in [0.2, 0.25) is 0 Å². The van der Waals surface area contributed by atoms with Crippen molar-refractivity contribution in [3.63, 3.8) is 0 Å². The van der Waals surface area contributed by atoms with Crippen LogP contribution in [0.1, 0.15) is 20.3 Å². The van der Waals surface area contributed by atoms with Crippen molar-refractivity contribution in [2.24, 2.45) is 5.92 Å². The summed E-state index contributed by atoms with van der Waals surface area (Å²) in [4.78, 5) is 16.6. The predicted octanol–water partition coefficient (Wildman–Crippen LogP) is 2.34. The van der Waals surface area contributed by atoms with Crippen molar-refractivity contribution >= 4 is 11.7 Å². The lowest BCUT2D eigenvalue weighted by atomic mass is 10.1. The van der Waals surface area contributed by atoms with Gasteiger partial charge in [-0.3, -0.25) is 0 Å². The second-order valence-corrected chi connectivity index (χ2v) is 7.15. The molecule has 6 nitrogen and oxygen atoms in total. The topological polar surface area (TPSA) is 54.0 Å². The van der Waals surface area contributed by atoms with E-state index in [9.17, 15) is 4.79 Å². The van der Waals surface area contributed by atoms with Gasteiger partial charge in [0.05, 0.1) is 19.3 Å². The van der Waals surface area contributed by atoms with Crippen LogP contribution in [0.3, 0.4) is 0 Å². The van der Waals surface area contributed by atoms with Crippen LogP contribution < -0.4 is 15.0 Å². The Hall–Kier alpha value is -1.95. The van der Waals surface area contributed by atoms with E-state index in [0.29, 0.717) is 19.0 Å². The summed E-state index contributed by atoms with van der Waals surface area (Å²) in [5, 5.41) is 3.11. The highest BCUT2D eigenvalue weighted by Crippen LogP contribution is 2.26. The van der Waals surface area contributed by atoms with Crippen LogP contribution in [0.15, 0.2) is 24.3 Å². The number of carbonyl (C=O) groups is 1. The minimum absolute atomic E-state index is 0.0295. The Morgan fingerprint density at radius 3 is 2.76 bits per heavy atom. The second kappa shape index (κ2) is 7.95. The van der Waals surface area contributed by atoms with Crippen molar-refractivity contribution in [2.45, 2.75) is 32.5 Å². The molecule has 25 heavy (non-hydrogen) atoms. The van der Waals surface area contributed by atoms with E-state index in [-0.39, 0.29) is 18.2 Å². The van der Waals surface area contributed by atoms with Gasteiger partial charge in [-0.25, -0.2) is 4.79 Å². The quantitative estimate of drug-likeness (QED) is 0.908. The first-order valence-corrected chi connectivity index (χ1v) is 9.12. The van der Waals surface area contributed by atoms with Gasteiger partial charge in [0.15, 0.2) is 0 Å². The molecule has 6 heteroatoms. The van der Waals surface area contributed by atoms with E-state index >= 15 is 0 Å². The maximum atomic E-state index is 12.4. The Morgan fingerprint density at radius 2 is 2.04 bits per heavy atom. The van der Waals surface area contributed by atoms with Gasteiger partial charge in [0, 0.05) is 44.5 Å². The van der Waals surface area contributed by atoms with Crippen LogP contribution in [-0.4, -0.2) is 63.0 Å². The zero-order valence-corrected chi connectivity index (χ0v) is 15.4. The van der Waals surface area contributed by atoms with Crippen LogP contribution in [0, 0.1) is 5.92 Å². The molecule has 2 amide bonds. The van der Waals surface area contributed by atoms with Crippen molar-refractivity contribution in [1.82, 2.24) is 10.2 Å². The third-order valence-electron chi connectivity index (χ3n) is 4.95. The standard InChI is InChI=1S/C19H29N3O3/c1-14-11-22(12-15(2)25-14)19(23)20-10-16-7-8-21(13-16)17-5-4-6-18(9-17)24-3/h4-6,9,14-16H,7-8,10-13H2,1-3H3,(H,20,23). The first-order chi connectivity index (χ1) is 12.0. The molecular weight excluding hydrogens is 318 g/mol. The van der Waals surface area contributed by atoms with Crippen molar-refractivity contribution in [3.05, 3.63) is 24.3 Å². The van der Waals surface area contributed by atoms with Gasteiger partial charge < -0.3 is 24.6 Å². The molecule has 2 saturated heterocycles. The first-order valence-electron chi connectivity index (χ1n) is 9.12. The molecule has 1 N–H and O–H groups in total. The highest BCUT2D eigenvalue weighted by molar-refractivity contribution is 5.74. The average Bonchev–Trinajstić information content (AvgIpc) is 3.08. The maximum absolute atomic E-state index is 12.4. The molecule has 0 bridgehead atoms. The number of carbonyl (C=O) groups excluding carboxylic acids is 1. The lowest BCUT2D eigenvalue weighted by Crippen LogP contribution is -2.52. The number of morpholine rings is 1. The van der Waals surface area contributed by atoms with E-state index in [1.165, 1.54) is 5.69 Å². The number of hydrogen-bond acceptors (Lipinski definition) is 4. The molecule has 2 aliphatic rings. The van der Waals surface area contributed by atoms with Crippen LogP contribution in [0.5, 0.6) is 5.75 Å². The minimum Gasteiger partial charge on any atom is -0.497 e. The molecule has 0 radical (unpaired) electrons. The molecule has 2 aliphatic heterocycles. The van der Waals surface area contributed by atoms with Crippen LogP contribution in [0.25, 0.3) is 0 Å². The zero-order valence-electron chi connectivity index (χ0n) is 15.4. The number of methoxy groups -OCH3 is 1. The molecule has 138 valence electrons. The van der Waals surface area contributed by atoms with E-state index in [1.54, 1.807) is 7.11 Å². The molecule has 3 rings (SSSR count). The Bertz CT molecular complexity index is 585. The number of amides is 2. The Kier molecular flexibility index (Phi) is 5.68. The molecule has 2 fully saturated rings. The fourth-order valence-electron chi connectivity index (χ4n) is 3.73. The van der Waals surface area contributed by atoms with Crippen molar-refractivity contribution in [1.29, 1.82) is 0 Å². The van der Waals surface area contributed by atoms with E-state index in [0.717, 1.165) is 31.8 Å². The average molecular weight is 347 g/mol. The molecule has 2 heterocycles. The van der Waals surface area contributed by atoms with Crippen molar-refractivity contribution < 1.29 is 14.3 Å². The van der Waals surface area contributed by atoms with Gasteiger partial charge in [-0.05, 0) is 38.3 Å². The number of nitrogens with one attached hydrogen (secondary N) is 1. The molecular formula is C19H29N3O3. The van der Waals surface area contributed by atoms with Crippen molar-refractivity contribution in [2.75, 3.05) is 44.7 Å². The number of hydrogen-bond donors (Lipinski definition) is 1. The molecule has 0 saturated carbocycles. The maximum Gasteiger partial charge on any atom is 0.317 e. The molecule has 0 aliphatic carbocycles.